The Morgan fingerprint density at radius 3 is 2.39 bits per heavy atom. The lowest BCUT2D eigenvalue weighted by atomic mass is 10.1. The fourth-order valence-corrected chi connectivity index (χ4v) is 2.53. The normalized spacial score (nSPS) is 25.3. The second-order valence-corrected chi connectivity index (χ2v) is 6.67. The van der Waals surface area contributed by atoms with E-state index >= 15 is 0 Å². The second-order valence-electron chi connectivity index (χ2n) is 5.94. The summed E-state index contributed by atoms with van der Waals surface area (Å²) in [6.07, 6.45) is 0.208. The second kappa shape index (κ2) is 4.64. The third kappa shape index (κ3) is 2.91. The van der Waals surface area contributed by atoms with Crippen LogP contribution in [-0.2, 0) is 9.53 Å². The van der Waals surface area contributed by atoms with Gasteiger partial charge >= 0.3 is 6.09 Å². The number of likely N-dealkylation sites (tertiary alicyclic amines) is 2. The zero-order valence-electron chi connectivity index (χ0n) is 11.0. The summed E-state index contributed by atoms with van der Waals surface area (Å²) in [6, 6.07) is 0.141. The van der Waals surface area contributed by atoms with Crippen LogP contribution in [0.15, 0.2) is 0 Å². The monoisotopic (exact) mass is 272 g/mol. The highest BCUT2D eigenvalue weighted by molar-refractivity contribution is 7.81. The van der Waals surface area contributed by atoms with E-state index < -0.39 is 5.60 Å². The Hall–Kier alpha value is -0.910. The van der Waals surface area contributed by atoms with E-state index in [1.165, 1.54) is 0 Å². The van der Waals surface area contributed by atoms with Gasteiger partial charge in [0.05, 0.1) is 6.04 Å². The molecule has 0 aromatic carbocycles. The number of carbonyl (C=O) groups excluding carboxylic acids is 2. The predicted octanol–water partition coefficient (Wildman–Crippen LogP) is 1.14. The van der Waals surface area contributed by atoms with Crippen LogP contribution in [0.4, 0.5) is 4.79 Å². The van der Waals surface area contributed by atoms with E-state index in [0.29, 0.717) is 26.1 Å². The van der Waals surface area contributed by atoms with Gasteiger partial charge in [-0.25, -0.2) is 4.79 Å². The molecule has 6 heteroatoms. The molecule has 2 saturated heterocycles. The van der Waals surface area contributed by atoms with E-state index in [-0.39, 0.29) is 23.3 Å². The van der Waals surface area contributed by atoms with Gasteiger partial charge in [0.2, 0.25) is 5.91 Å². The molecule has 2 aliphatic heterocycles. The minimum atomic E-state index is -0.470. The third-order valence-corrected chi connectivity index (χ3v) is 3.44. The number of amides is 2. The van der Waals surface area contributed by atoms with Crippen molar-refractivity contribution in [3.05, 3.63) is 0 Å². The zero-order valence-corrected chi connectivity index (χ0v) is 11.9. The molecule has 2 aliphatic rings. The lowest BCUT2D eigenvalue weighted by Gasteiger charge is -2.44. The van der Waals surface area contributed by atoms with Crippen molar-refractivity contribution in [1.82, 2.24) is 9.80 Å². The Morgan fingerprint density at radius 1 is 1.33 bits per heavy atom. The minimum Gasteiger partial charge on any atom is -0.444 e. The van der Waals surface area contributed by atoms with E-state index in [2.05, 4.69) is 12.6 Å². The van der Waals surface area contributed by atoms with Gasteiger partial charge in [0, 0.05) is 31.3 Å². The maximum absolute atomic E-state index is 11.7. The fraction of sp³-hybridized carbons (Fsp3) is 0.833. The zero-order chi connectivity index (χ0) is 13.5. The summed E-state index contributed by atoms with van der Waals surface area (Å²) < 4.78 is 5.27. The van der Waals surface area contributed by atoms with Crippen molar-refractivity contribution in [2.24, 2.45) is 0 Å². The van der Waals surface area contributed by atoms with E-state index in [0.717, 1.165) is 0 Å². The molecule has 0 aliphatic carbocycles. The Morgan fingerprint density at radius 2 is 1.94 bits per heavy atom. The van der Waals surface area contributed by atoms with Crippen molar-refractivity contribution in [3.63, 3.8) is 0 Å². The number of nitrogens with zero attached hydrogens (tertiary/aromatic N) is 2. The molecule has 2 fully saturated rings. The van der Waals surface area contributed by atoms with Crippen molar-refractivity contribution in [2.75, 3.05) is 19.6 Å². The first-order chi connectivity index (χ1) is 8.26. The van der Waals surface area contributed by atoms with E-state index in [9.17, 15) is 9.59 Å². The highest BCUT2D eigenvalue weighted by atomic mass is 32.1. The predicted molar refractivity (Wildman–Crippen MR) is 70.7 cm³/mol. The summed E-state index contributed by atoms with van der Waals surface area (Å²) in [5.41, 5.74) is -0.470. The van der Waals surface area contributed by atoms with Gasteiger partial charge in [0.15, 0.2) is 0 Å². The van der Waals surface area contributed by atoms with Crippen LogP contribution in [-0.4, -0.2) is 58.3 Å². The number of hydrogen-bond acceptors (Lipinski definition) is 4. The quantitative estimate of drug-likeness (QED) is 0.728. The lowest BCUT2D eigenvalue weighted by Crippen LogP contribution is -2.62. The molecule has 1 atom stereocenters. The largest absolute Gasteiger partial charge is 0.444 e. The molecule has 0 aromatic rings. The molecule has 1 unspecified atom stereocenters. The standard InChI is InChI=1S/C12H20N2O3S/c1-12(2,3)17-11(16)13-5-8(6-13)14-7-9(18)4-10(14)15/h8-9,18H,4-7H2,1-3H3. The van der Waals surface area contributed by atoms with E-state index in [4.69, 9.17) is 4.74 Å². The molecular formula is C12H20N2O3S. The van der Waals surface area contributed by atoms with E-state index in [1.54, 1.807) is 4.90 Å². The summed E-state index contributed by atoms with van der Waals surface area (Å²) in [5, 5.41) is 0.132. The third-order valence-electron chi connectivity index (χ3n) is 3.09. The molecule has 0 N–H and O–H groups in total. The Kier molecular flexibility index (Phi) is 3.49. The summed E-state index contributed by atoms with van der Waals surface area (Å²) in [7, 11) is 0. The molecule has 0 aromatic heterocycles. The smallest absolute Gasteiger partial charge is 0.410 e. The number of ether oxygens (including phenoxy) is 1. The van der Waals surface area contributed by atoms with Gasteiger partial charge in [-0.3, -0.25) is 4.79 Å². The summed E-state index contributed by atoms with van der Waals surface area (Å²) in [4.78, 5) is 26.9. The highest BCUT2D eigenvalue weighted by Gasteiger charge is 2.41. The summed E-state index contributed by atoms with van der Waals surface area (Å²) in [6.45, 7) is 7.37. The molecule has 18 heavy (non-hydrogen) atoms. The first-order valence-electron chi connectivity index (χ1n) is 6.22. The van der Waals surface area contributed by atoms with Gasteiger partial charge < -0.3 is 14.5 Å². The Labute approximate surface area is 113 Å². The van der Waals surface area contributed by atoms with Gasteiger partial charge in [-0.05, 0) is 20.8 Å². The van der Waals surface area contributed by atoms with Crippen molar-refractivity contribution in [2.45, 2.75) is 44.1 Å². The van der Waals surface area contributed by atoms with Crippen molar-refractivity contribution < 1.29 is 14.3 Å². The van der Waals surface area contributed by atoms with Crippen molar-refractivity contribution in [1.29, 1.82) is 0 Å². The van der Waals surface area contributed by atoms with Crippen LogP contribution in [0.5, 0.6) is 0 Å². The van der Waals surface area contributed by atoms with Gasteiger partial charge in [-0.2, -0.15) is 12.6 Å². The molecule has 0 radical (unpaired) electrons. The van der Waals surface area contributed by atoms with Gasteiger partial charge in [0.1, 0.15) is 5.60 Å². The molecule has 2 heterocycles. The lowest BCUT2D eigenvalue weighted by molar-refractivity contribution is -0.132. The number of carbonyl (C=O) groups is 2. The maximum Gasteiger partial charge on any atom is 0.410 e. The number of thiol groups is 1. The fourth-order valence-electron chi connectivity index (χ4n) is 2.19. The maximum atomic E-state index is 11.7. The molecule has 0 bridgehead atoms. The van der Waals surface area contributed by atoms with Crippen LogP contribution in [0.25, 0.3) is 0 Å². The Balaban J connectivity index is 1.80. The summed E-state index contributed by atoms with van der Waals surface area (Å²) in [5.74, 6) is 0.142. The highest BCUT2D eigenvalue weighted by Crippen LogP contribution is 2.25. The molecule has 2 rings (SSSR count). The molecule has 0 spiro atoms. The van der Waals surface area contributed by atoms with Gasteiger partial charge in [-0.15, -0.1) is 0 Å². The van der Waals surface area contributed by atoms with Crippen LogP contribution in [0.3, 0.4) is 0 Å². The minimum absolute atomic E-state index is 0.132. The van der Waals surface area contributed by atoms with Crippen molar-refractivity contribution >= 4 is 24.6 Å². The first kappa shape index (κ1) is 13.5. The molecular weight excluding hydrogens is 252 g/mol. The molecule has 2 amide bonds. The average Bonchev–Trinajstić information content (AvgIpc) is 2.39. The van der Waals surface area contributed by atoms with Gasteiger partial charge in [0.25, 0.3) is 0 Å². The topological polar surface area (TPSA) is 49.9 Å². The molecule has 102 valence electrons. The van der Waals surface area contributed by atoms with Crippen molar-refractivity contribution in [3.8, 4) is 0 Å². The van der Waals surface area contributed by atoms with E-state index in [1.807, 2.05) is 25.7 Å². The van der Waals surface area contributed by atoms with Crippen LogP contribution in [0, 0.1) is 0 Å². The number of rotatable bonds is 1. The summed E-state index contributed by atoms with van der Waals surface area (Å²) >= 11 is 4.32. The Bertz CT molecular complexity index is 361. The SMILES string of the molecule is CC(C)(C)OC(=O)N1CC(N2CC(S)CC2=O)C1. The van der Waals surface area contributed by atoms with Crippen LogP contribution < -0.4 is 0 Å². The van der Waals surface area contributed by atoms with Crippen LogP contribution in [0.2, 0.25) is 0 Å². The number of hydrogen-bond donors (Lipinski definition) is 1. The first-order valence-corrected chi connectivity index (χ1v) is 6.73. The molecule has 0 saturated carbocycles. The van der Waals surface area contributed by atoms with Gasteiger partial charge in [-0.1, -0.05) is 0 Å². The van der Waals surface area contributed by atoms with Crippen LogP contribution in [0.1, 0.15) is 27.2 Å². The average molecular weight is 272 g/mol. The van der Waals surface area contributed by atoms with Crippen LogP contribution >= 0.6 is 12.6 Å². The molecule has 5 nitrogen and oxygen atoms in total.